The number of piperidine rings is 1. The van der Waals surface area contributed by atoms with Crippen LogP contribution in [0.15, 0.2) is 24.5 Å². The predicted octanol–water partition coefficient (Wildman–Crippen LogP) is 1.47. The lowest BCUT2D eigenvalue weighted by Crippen LogP contribution is -2.46. The van der Waals surface area contributed by atoms with Crippen molar-refractivity contribution in [3.63, 3.8) is 0 Å². The van der Waals surface area contributed by atoms with E-state index >= 15 is 4.39 Å². The van der Waals surface area contributed by atoms with Crippen LogP contribution in [-0.4, -0.2) is 87.5 Å². The number of carbonyl (C=O) groups excluding carboxylic acids is 1. The lowest BCUT2D eigenvalue weighted by atomic mass is 10.1. The van der Waals surface area contributed by atoms with Crippen molar-refractivity contribution in [3.8, 4) is 11.4 Å². The standard InChI is InChI=1S/C23H28FN7O3/c1-15-4-6-31-18(11-15)17(12-25-31)21-27-22(20(24)23(28-21)29-7-9-34-10-8-29)26-16-3-2-5-30(13-16)19(33)14-32/h4,6,11-12,16,32H,2-3,5,7-10,13-14H2,1H3,(H,26,27,28)/t16-/m1/s1. The molecule has 11 heteroatoms. The Labute approximate surface area is 196 Å². The van der Waals surface area contributed by atoms with E-state index < -0.39 is 12.4 Å². The molecule has 0 saturated carbocycles. The topological polar surface area (TPSA) is 108 Å². The maximum absolute atomic E-state index is 15.7. The van der Waals surface area contributed by atoms with Crippen molar-refractivity contribution in [1.82, 2.24) is 24.5 Å². The number of hydrogen-bond donors (Lipinski definition) is 2. The van der Waals surface area contributed by atoms with Crippen LogP contribution in [0.1, 0.15) is 18.4 Å². The van der Waals surface area contributed by atoms with Crippen molar-refractivity contribution in [2.75, 3.05) is 56.2 Å². The normalized spacial score (nSPS) is 19.0. The Morgan fingerprint density at radius 2 is 2.12 bits per heavy atom. The van der Waals surface area contributed by atoms with E-state index in [2.05, 4.69) is 20.4 Å². The molecule has 34 heavy (non-hydrogen) atoms. The third-order valence-corrected chi connectivity index (χ3v) is 6.31. The molecule has 2 aliphatic heterocycles. The summed E-state index contributed by atoms with van der Waals surface area (Å²) < 4.78 is 22.9. The zero-order valence-corrected chi connectivity index (χ0v) is 19.1. The lowest BCUT2D eigenvalue weighted by molar-refractivity contribution is -0.135. The number of anilines is 2. The number of pyridine rings is 1. The van der Waals surface area contributed by atoms with Crippen LogP contribution >= 0.6 is 0 Å². The number of morpholine rings is 1. The highest BCUT2D eigenvalue weighted by Crippen LogP contribution is 2.30. The Morgan fingerprint density at radius 1 is 1.29 bits per heavy atom. The average Bonchev–Trinajstić information content (AvgIpc) is 3.28. The smallest absolute Gasteiger partial charge is 0.248 e. The van der Waals surface area contributed by atoms with Gasteiger partial charge in [0.25, 0.3) is 0 Å². The molecule has 2 N–H and O–H groups in total. The minimum Gasteiger partial charge on any atom is -0.387 e. The van der Waals surface area contributed by atoms with E-state index in [4.69, 9.17) is 4.74 Å². The van der Waals surface area contributed by atoms with Gasteiger partial charge in [0.15, 0.2) is 17.5 Å². The highest BCUT2D eigenvalue weighted by atomic mass is 19.1. The largest absolute Gasteiger partial charge is 0.387 e. The van der Waals surface area contributed by atoms with Crippen molar-refractivity contribution < 1.29 is 19.0 Å². The van der Waals surface area contributed by atoms with Gasteiger partial charge in [-0.15, -0.1) is 0 Å². The Bertz CT molecular complexity index is 1190. The zero-order valence-electron chi connectivity index (χ0n) is 19.1. The second-order valence-corrected chi connectivity index (χ2v) is 8.71. The fourth-order valence-electron chi connectivity index (χ4n) is 4.51. The first kappa shape index (κ1) is 22.5. The molecule has 0 bridgehead atoms. The number of fused-ring (bicyclic) bond motifs is 1. The Balaban J connectivity index is 1.54. The van der Waals surface area contributed by atoms with Gasteiger partial charge in [-0.25, -0.2) is 14.5 Å². The van der Waals surface area contributed by atoms with Gasteiger partial charge in [-0.2, -0.15) is 9.49 Å². The number of ether oxygens (including phenoxy) is 1. The van der Waals surface area contributed by atoms with Gasteiger partial charge in [0, 0.05) is 38.4 Å². The molecule has 180 valence electrons. The van der Waals surface area contributed by atoms with E-state index in [1.807, 2.05) is 30.2 Å². The number of aliphatic hydroxyl groups is 1. The van der Waals surface area contributed by atoms with E-state index in [-0.39, 0.29) is 23.6 Å². The van der Waals surface area contributed by atoms with Crippen LogP contribution in [0.25, 0.3) is 16.9 Å². The molecule has 0 aliphatic carbocycles. The first-order chi connectivity index (χ1) is 16.5. The second-order valence-electron chi connectivity index (χ2n) is 8.71. The van der Waals surface area contributed by atoms with E-state index in [1.54, 1.807) is 15.6 Å². The van der Waals surface area contributed by atoms with Crippen molar-refractivity contribution in [3.05, 3.63) is 35.9 Å². The highest BCUT2D eigenvalue weighted by molar-refractivity contribution is 5.78. The van der Waals surface area contributed by atoms with Gasteiger partial charge in [-0.1, -0.05) is 0 Å². The molecule has 5 heterocycles. The van der Waals surface area contributed by atoms with Gasteiger partial charge >= 0.3 is 0 Å². The molecule has 1 atom stereocenters. The van der Waals surface area contributed by atoms with E-state index in [0.717, 1.165) is 23.9 Å². The number of halogens is 1. The number of carbonyl (C=O) groups is 1. The molecule has 1 amide bonds. The molecule has 2 fully saturated rings. The molecule has 3 aromatic heterocycles. The molecule has 0 spiro atoms. The van der Waals surface area contributed by atoms with Gasteiger partial charge < -0.3 is 25.0 Å². The lowest BCUT2D eigenvalue weighted by Gasteiger charge is -2.33. The summed E-state index contributed by atoms with van der Waals surface area (Å²) in [5.41, 5.74) is 2.61. The monoisotopic (exact) mass is 469 g/mol. The van der Waals surface area contributed by atoms with Gasteiger partial charge in [0.2, 0.25) is 11.7 Å². The number of rotatable bonds is 5. The van der Waals surface area contributed by atoms with Crippen LogP contribution in [0.5, 0.6) is 0 Å². The van der Waals surface area contributed by atoms with Crippen LogP contribution in [0.3, 0.4) is 0 Å². The number of amides is 1. The first-order valence-electron chi connectivity index (χ1n) is 11.5. The SMILES string of the molecule is Cc1ccn2ncc(-c3nc(N[C@@H]4CCCN(C(=O)CO)C4)c(F)c(N4CCOCC4)n3)c2c1. The molecule has 5 rings (SSSR count). The van der Waals surface area contributed by atoms with Gasteiger partial charge in [0.05, 0.1) is 30.5 Å². The summed E-state index contributed by atoms with van der Waals surface area (Å²) in [5.74, 6) is -0.149. The number of nitrogens with one attached hydrogen (secondary N) is 1. The van der Waals surface area contributed by atoms with Crippen molar-refractivity contribution in [2.24, 2.45) is 0 Å². The van der Waals surface area contributed by atoms with Crippen LogP contribution < -0.4 is 10.2 Å². The summed E-state index contributed by atoms with van der Waals surface area (Å²) >= 11 is 0. The minimum atomic E-state index is -0.534. The van der Waals surface area contributed by atoms with Crippen LogP contribution in [0.4, 0.5) is 16.0 Å². The summed E-state index contributed by atoms with van der Waals surface area (Å²) in [7, 11) is 0. The van der Waals surface area contributed by atoms with E-state index in [9.17, 15) is 9.90 Å². The fraction of sp³-hybridized carbons (Fsp3) is 0.478. The number of hydrogen-bond acceptors (Lipinski definition) is 8. The van der Waals surface area contributed by atoms with Crippen molar-refractivity contribution in [1.29, 1.82) is 0 Å². The quantitative estimate of drug-likeness (QED) is 0.579. The number of aryl methyl sites for hydroxylation is 1. The molecule has 3 aromatic rings. The Kier molecular flexibility index (Phi) is 6.29. The van der Waals surface area contributed by atoms with E-state index in [0.29, 0.717) is 50.8 Å². The maximum atomic E-state index is 15.7. The number of aromatic nitrogens is 4. The highest BCUT2D eigenvalue weighted by Gasteiger charge is 2.27. The van der Waals surface area contributed by atoms with Crippen molar-refractivity contribution >= 4 is 23.1 Å². The number of nitrogens with zero attached hydrogens (tertiary/aromatic N) is 6. The third kappa shape index (κ3) is 4.40. The van der Waals surface area contributed by atoms with Crippen molar-refractivity contribution in [2.45, 2.75) is 25.8 Å². The number of aliphatic hydroxyl groups excluding tert-OH is 1. The van der Waals surface area contributed by atoms with Gasteiger partial charge in [-0.3, -0.25) is 4.79 Å². The third-order valence-electron chi connectivity index (χ3n) is 6.31. The molecule has 0 unspecified atom stereocenters. The van der Waals surface area contributed by atoms with Crippen LogP contribution in [-0.2, 0) is 9.53 Å². The molecule has 0 radical (unpaired) electrons. The number of likely N-dealkylation sites (tertiary alicyclic amines) is 1. The Morgan fingerprint density at radius 3 is 2.91 bits per heavy atom. The zero-order chi connectivity index (χ0) is 23.7. The molecule has 2 saturated heterocycles. The fourth-order valence-corrected chi connectivity index (χ4v) is 4.51. The van der Waals surface area contributed by atoms with Gasteiger partial charge in [-0.05, 0) is 37.5 Å². The molecular weight excluding hydrogens is 441 g/mol. The summed E-state index contributed by atoms with van der Waals surface area (Å²) in [5, 5.41) is 16.8. The average molecular weight is 470 g/mol. The molecule has 0 aromatic carbocycles. The van der Waals surface area contributed by atoms with Crippen LogP contribution in [0.2, 0.25) is 0 Å². The van der Waals surface area contributed by atoms with Gasteiger partial charge in [0.1, 0.15) is 6.61 Å². The first-order valence-corrected chi connectivity index (χ1v) is 11.5. The molecule has 10 nitrogen and oxygen atoms in total. The van der Waals surface area contributed by atoms with E-state index in [1.165, 1.54) is 0 Å². The summed E-state index contributed by atoms with van der Waals surface area (Å²) in [6, 6.07) is 3.77. The van der Waals surface area contributed by atoms with Crippen LogP contribution in [0, 0.1) is 12.7 Å². The maximum Gasteiger partial charge on any atom is 0.248 e. The summed E-state index contributed by atoms with van der Waals surface area (Å²) in [6.07, 6.45) is 5.08. The minimum absolute atomic E-state index is 0.0989. The predicted molar refractivity (Wildman–Crippen MR) is 124 cm³/mol. The Hall–Kier alpha value is -3.31. The molecular formula is C23H28FN7O3. The molecule has 2 aliphatic rings. The summed E-state index contributed by atoms with van der Waals surface area (Å²) in [6.45, 7) is 4.48. The summed E-state index contributed by atoms with van der Waals surface area (Å²) in [4.78, 5) is 24.6. The second kappa shape index (κ2) is 9.51.